The molecule has 0 radical (unpaired) electrons. The number of carbonyl (C=O) groups excluding carboxylic acids is 2. The molecule has 3 heterocycles. The monoisotopic (exact) mass is 347 g/mol. The first-order valence-corrected chi connectivity index (χ1v) is 8.33. The van der Waals surface area contributed by atoms with Gasteiger partial charge in [-0.1, -0.05) is 18.2 Å². The van der Waals surface area contributed by atoms with E-state index in [0.717, 1.165) is 11.1 Å². The Hall–Kier alpha value is -3.41. The van der Waals surface area contributed by atoms with Crippen molar-refractivity contribution in [2.75, 3.05) is 0 Å². The van der Waals surface area contributed by atoms with Crippen molar-refractivity contribution >= 4 is 11.8 Å². The zero-order valence-corrected chi connectivity index (χ0v) is 14.0. The summed E-state index contributed by atoms with van der Waals surface area (Å²) in [5, 5.41) is 2.80. The lowest BCUT2D eigenvalue weighted by atomic mass is 10.0. The van der Waals surface area contributed by atoms with E-state index >= 15 is 0 Å². The Bertz CT molecular complexity index is 936. The van der Waals surface area contributed by atoms with Crippen LogP contribution in [0.3, 0.4) is 0 Å². The number of furan rings is 1. The van der Waals surface area contributed by atoms with E-state index in [-0.39, 0.29) is 18.4 Å². The molecule has 0 saturated carbocycles. The van der Waals surface area contributed by atoms with E-state index in [1.165, 1.54) is 0 Å². The molecule has 0 unspecified atom stereocenters. The summed E-state index contributed by atoms with van der Waals surface area (Å²) >= 11 is 0. The Labute approximate surface area is 150 Å². The minimum absolute atomic E-state index is 0.132. The van der Waals surface area contributed by atoms with E-state index in [0.29, 0.717) is 30.0 Å². The molecule has 0 atom stereocenters. The summed E-state index contributed by atoms with van der Waals surface area (Å²) in [5.41, 5.74) is 2.70. The molecule has 1 aromatic carbocycles. The Balaban J connectivity index is 1.53. The smallest absolute Gasteiger partial charge is 0.255 e. The second kappa shape index (κ2) is 6.84. The lowest BCUT2D eigenvalue weighted by Crippen LogP contribution is -2.27. The van der Waals surface area contributed by atoms with Gasteiger partial charge in [-0.2, -0.15) is 0 Å². The number of hydrogen-bond acceptors (Lipinski definition) is 4. The van der Waals surface area contributed by atoms with Crippen molar-refractivity contribution in [3.05, 3.63) is 89.1 Å². The number of fused-ring (bicyclic) bond motifs is 1. The summed E-state index contributed by atoms with van der Waals surface area (Å²) in [5.74, 6) is 0.248. The number of nitrogens with zero attached hydrogens (tertiary/aromatic N) is 2. The molecule has 3 aromatic rings. The van der Waals surface area contributed by atoms with Gasteiger partial charge in [-0.25, -0.2) is 0 Å². The number of benzene rings is 1. The van der Waals surface area contributed by atoms with E-state index in [4.69, 9.17) is 4.42 Å². The first kappa shape index (κ1) is 16.1. The highest BCUT2D eigenvalue weighted by Gasteiger charge is 2.31. The van der Waals surface area contributed by atoms with Crippen molar-refractivity contribution in [1.29, 1.82) is 0 Å². The third kappa shape index (κ3) is 3.09. The molecule has 0 fully saturated rings. The number of amides is 2. The van der Waals surface area contributed by atoms with Crippen LogP contribution in [0.1, 0.15) is 37.6 Å². The Morgan fingerprint density at radius 1 is 1.19 bits per heavy atom. The number of hydrogen-bond donors (Lipinski definition) is 1. The minimum Gasteiger partial charge on any atom is -0.467 e. The number of rotatable bonds is 5. The van der Waals surface area contributed by atoms with E-state index in [9.17, 15) is 9.59 Å². The average Bonchev–Trinajstić information content (AvgIpc) is 3.29. The van der Waals surface area contributed by atoms with Crippen LogP contribution in [0.25, 0.3) is 0 Å². The van der Waals surface area contributed by atoms with Crippen molar-refractivity contribution in [2.45, 2.75) is 19.6 Å². The molecular weight excluding hydrogens is 330 g/mol. The molecular formula is C20H17N3O3. The first-order valence-electron chi connectivity index (χ1n) is 8.33. The van der Waals surface area contributed by atoms with E-state index < -0.39 is 0 Å². The highest BCUT2D eigenvalue weighted by atomic mass is 16.3. The van der Waals surface area contributed by atoms with Gasteiger partial charge >= 0.3 is 0 Å². The van der Waals surface area contributed by atoms with Crippen molar-refractivity contribution in [3.63, 3.8) is 0 Å². The fourth-order valence-corrected chi connectivity index (χ4v) is 3.12. The van der Waals surface area contributed by atoms with Crippen molar-refractivity contribution in [1.82, 2.24) is 15.2 Å². The molecule has 1 N–H and O–H groups in total. The van der Waals surface area contributed by atoms with Crippen LogP contribution >= 0.6 is 0 Å². The maximum atomic E-state index is 12.9. The summed E-state index contributed by atoms with van der Waals surface area (Å²) in [6, 6.07) is 12.7. The van der Waals surface area contributed by atoms with Crippen LogP contribution in [0.4, 0.5) is 0 Å². The van der Waals surface area contributed by atoms with Crippen LogP contribution in [0.15, 0.2) is 65.5 Å². The molecule has 0 saturated heterocycles. The molecule has 1 aliphatic heterocycles. The number of nitrogens with one attached hydrogen (secondary N) is 1. The predicted octanol–water partition coefficient (Wildman–Crippen LogP) is 2.76. The number of pyridine rings is 1. The highest BCUT2D eigenvalue weighted by molar-refractivity contribution is 6.09. The molecule has 2 aromatic heterocycles. The third-order valence-electron chi connectivity index (χ3n) is 4.36. The molecule has 0 aliphatic carbocycles. The van der Waals surface area contributed by atoms with Gasteiger partial charge in [0.1, 0.15) is 5.76 Å². The highest BCUT2D eigenvalue weighted by Crippen LogP contribution is 2.27. The van der Waals surface area contributed by atoms with Crippen LogP contribution in [0.5, 0.6) is 0 Å². The molecule has 0 spiro atoms. The van der Waals surface area contributed by atoms with E-state index in [1.807, 2.05) is 24.3 Å². The second-order valence-corrected chi connectivity index (χ2v) is 6.12. The Kier molecular flexibility index (Phi) is 4.23. The summed E-state index contributed by atoms with van der Waals surface area (Å²) in [7, 11) is 0. The largest absolute Gasteiger partial charge is 0.467 e. The van der Waals surface area contributed by atoms with Gasteiger partial charge in [-0.3, -0.25) is 14.6 Å². The summed E-state index contributed by atoms with van der Waals surface area (Å²) in [6.07, 6.45) is 5.00. The van der Waals surface area contributed by atoms with Gasteiger partial charge in [0.15, 0.2) is 0 Å². The van der Waals surface area contributed by atoms with E-state index in [2.05, 4.69) is 10.3 Å². The molecule has 2 amide bonds. The molecule has 0 bridgehead atoms. The number of carbonyl (C=O) groups is 2. The van der Waals surface area contributed by atoms with Crippen molar-refractivity contribution in [2.24, 2.45) is 0 Å². The van der Waals surface area contributed by atoms with Gasteiger partial charge in [-0.05, 0) is 35.4 Å². The summed E-state index contributed by atoms with van der Waals surface area (Å²) in [4.78, 5) is 31.3. The van der Waals surface area contributed by atoms with Crippen LogP contribution < -0.4 is 5.32 Å². The topological polar surface area (TPSA) is 75.4 Å². The van der Waals surface area contributed by atoms with Crippen LogP contribution in [-0.4, -0.2) is 21.7 Å². The zero-order valence-electron chi connectivity index (χ0n) is 14.0. The van der Waals surface area contributed by atoms with Crippen LogP contribution in [-0.2, 0) is 19.6 Å². The van der Waals surface area contributed by atoms with Crippen molar-refractivity contribution in [3.8, 4) is 0 Å². The molecule has 130 valence electrons. The van der Waals surface area contributed by atoms with Gasteiger partial charge < -0.3 is 14.6 Å². The predicted molar refractivity (Wildman–Crippen MR) is 94.1 cm³/mol. The third-order valence-corrected chi connectivity index (χ3v) is 4.36. The molecule has 1 aliphatic rings. The molecule has 6 heteroatoms. The SMILES string of the molecule is O=C(NCc1ccco1)c1cccc2c1C(=O)N(Cc1cccnc1)C2. The van der Waals surface area contributed by atoms with E-state index in [1.54, 1.807) is 41.8 Å². The Morgan fingerprint density at radius 3 is 2.88 bits per heavy atom. The fourth-order valence-electron chi connectivity index (χ4n) is 3.12. The quantitative estimate of drug-likeness (QED) is 0.770. The first-order chi connectivity index (χ1) is 12.7. The number of aromatic nitrogens is 1. The van der Waals surface area contributed by atoms with Gasteiger partial charge in [0.25, 0.3) is 11.8 Å². The molecule has 4 rings (SSSR count). The van der Waals surface area contributed by atoms with Gasteiger partial charge in [-0.15, -0.1) is 0 Å². The maximum Gasteiger partial charge on any atom is 0.255 e. The lowest BCUT2D eigenvalue weighted by molar-refractivity contribution is 0.0761. The van der Waals surface area contributed by atoms with Gasteiger partial charge in [0.05, 0.1) is 23.9 Å². The van der Waals surface area contributed by atoms with Gasteiger partial charge in [0, 0.05) is 25.5 Å². The van der Waals surface area contributed by atoms with Crippen molar-refractivity contribution < 1.29 is 14.0 Å². The molecule has 26 heavy (non-hydrogen) atoms. The van der Waals surface area contributed by atoms with Gasteiger partial charge in [0.2, 0.25) is 0 Å². The summed E-state index contributed by atoms with van der Waals surface area (Å²) in [6.45, 7) is 1.24. The van der Waals surface area contributed by atoms with Crippen LogP contribution in [0, 0.1) is 0 Å². The standard InChI is InChI=1S/C20H17N3O3/c24-19(22-11-16-6-3-9-26-16)17-7-1-5-15-13-23(20(25)18(15)17)12-14-4-2-8-21-10-14/h1-10H,11-13H2,(H,22,24). The Morgan fingerprint density at radius 2 is 2.12 bits per heavy atom. The normalized spacial score (nSPS) is 12.9. The molecule has 6 nitrogen and oxygen atoms in total. The zero-order chi connectivity index (χ0) is 17.9. The second-order valence-electron chi connectivity index (χ2n) is 6.12. The maximum absolute atomic E-state index is 12.9. The lowest BCUT2D eigenvalue weighted by Gasteiger charge is -2.15. The van der Waals surface area contributed by atoms with Crippen LogP contribution in [0.2, 0.25) is 0 Å². The minimum atomic E-state index is -0.283. The average molecular weight is 347 g/mol. The summed E-state index contributed by atoms with van der Waals surface area (Å²) < 4.78 is 5.22. The fraction of sp³-hybridized carbons (Fsp3) is 0.150.